The van der Waals surface area contributed by atoms with Gasteiger partial charge in [-0.05, 0) is 49.6 Å². The molecule has 1 saturated carbocycles. The van der Waals surface area contributed by atoms with Crippen LogP contribution in [-0.2, 0) is 0 Å². The van der Waals surface area contributed by atoms with Gasteiger partial charge in [-0.25, -0.2) is 0 Å². The molecule has 1 N–H and O–H groups in total. The zero-order valence-electron chi connectivity index (χ0n) is 15.7. The Kier molecular flexibility index (Phi) is 3.62. The van der Waals surface area contributed by atoms with E-state index in [4.69, 9.17) is 14.6 Å². The molecule has 9 nitrogen and oxygen atoms in total. The van der Waals surface area contributed by atoms with Crippen molar-refractivity contribution in [3.05, 3.63) is 41.7 Å². The number of benzene rings is 1. The molecule has 1 unspecified atom stereocenters. The van der Waals surface area contributed by atoms with Crippen LogP contribution in [0.3, 0.4) is 0 Å². The summed E-state index contributed by atoms with van der Waals surface area (Å²) in [5.74, 6) is 3.51. The highest BCUT2D eigenvalue weighted by Gasteiger charge is 2.30. The maximum atomic E-state index is 12.6. The lowest BCUT2D eigenvalue weighted by atomic mass is 10.1. The van der Waals surface area contributed by atoms with Crippen LogP contribution in [0.5, 0.6) is 11.5 Å². The fourth-order valence-corrected chi connectivity index (χ4v) is 3.95. The van der Waals surface area contributed by atoms with Gasteiger partial charge in [0.15, 0.2) is 23.0 Å². The zero-order valence-corrected chi connectivity index (χ0v) is 15.7. The molecular formula is C20H20N6O3. The molecule has 3 aliphatic rings. The van der Waals surface area contributed by atoms with Gasteiger partial charge in [0.25, 0.3) is 5.91 Å². The van der Waals surface area contributed by atoms with Crippen LogP contribution < -0.4 is 19.7 Å². The molecule has 2 fully saturated rings. The van der Waals surface area contributed by atoms with E-state index in [1.165, 1.54) is 0 Å². The Balaban J connectivity index is 1.16. The van der Waals surface area contributed by atoms with E-state index in [1.807, 2.05) is 16.6 Å². The number of amides is 1. The Morgan fingerprint density at radius 3 is 2.86 bits per heavy atom. The van der Waals surface area contributed by atoms with Crippen molar-refractivity contribution in [2.75, 3.05) is 24.8 Å². The molecular weight excluding hydrogens is 372 g/mol. The third kappa shape index (κ3) is 2.93. The second-order valence-corrected chi connectivity index (χ2v) is 7.77. The van der Waals surface area contributed by atoms with Gasteiger partial charge >= 0.3 is 0 Å². The van der Waals surface area contributed by atoms with E-state index < -0.39 is 0 Å². The first-order valence-corrected chi connectivity index (χ1v) is 9.92. The molecule has 4 heterocycles. The molecule has 148 valence electrons. The summed E-state index contributed by atoms with van der Waals surface area (Å²) in [5.41, 5.74) is 1.35. The van der Waals surface area contributed by atoms with Crippen LogP contribution in [0.4, 0.5) is 5.82 Å². The number of rotatable bonds is 4. The quantitative estimate of drug-likeness (QED) is 0.723. The van der Waals surface area contributed by atoms with E-state index in [1.54, 1.807) is 18.2 Å². The van der Waals surface area contributed by atoms with Gasteiger partial charge in [-0.2, -0.15) is 4.52 Å². The number of nitrogens with one attached hydrogen (secondary N) is 1. The smallest absolute Gasteiger partial charge is 0.251 e. The summed E-state index contributed by atoms with van der Waals surface area (Å²) >= 11 is 0. The van der Waals surface area contributed by atoms with Crippen LogP contribution >= 0.6 is 0 Å². The van der Waals surface area contributed by atoms with Gasteiger partial charge in [-0.15, -0.1) is 15.3 Å². The van der Waals surface area contributed by atoms with Crippen molar-refractivity contribution in [2.24, 2.45) is 0 Å². The van der Waals surface area contributed by atoms with Crippen molar-refractivity contribution in [3.8, 4) is 11.5 Å². The molecule has 0 radical (unpaired) electrons. The lowest BCUT2D eigenvalue weighted by Crippen LogP contribution is -2.37. The Morgan fingerprint density at radius 1 is 1.07 bits per heavy atom. The Bertz CT molecular complexity index is 1110. The summed E-state index contributed by atoms with van der Waals surface area (Å²) in [6, 6.07) is 9.26. The molecule has 1 amide bonds. The molecule has 9 heteroatoms. The molecule has 1 atom stereocenters. The highest BCUT2D eigenvalue weighted by molar-refractivity contribution is 5.95. The first-order chi connectivity index (χ1) is 14.2. The third-order valence-electron chi connectivity index (χ3n) is 5.70. The van der Waals surface area contributed by atoms with E-state index in [2.05, 4.69) is 20.4 Å². The summed E-state index contributed by atoms with van der Waals surface area (Å²) in [6.07, 6.45) is 3.18. The van der Waals surface area contributed by atoms with E-state index in [0.717, 1.165) is 49.6 Å². The number of hydrogen-bond donors (Lipinski definition) is 1. The van der Waals surface area contributed by atoms with Crippen molar-refractivity contribution in [2.45, 2.75) is 31.2 Å². The standard InChI is InChI=1S/C20H20N6O3/c27-20(13-3-4-15-16(9-13)29-11-28-15)21-14-7-8-25(10-14)18-6-5-17-22-23-19(12-1-2-12)26(17)24-18/h3-6,9,12,14H,1-2,7-8,10-11H2,(H,21,27). The summed E-state index contributed by atoms with van der Waals surface area (Å²) in [5, 5.41) is 16.4. The normalized spacial score (nSPS) is 20.4. The number of aromatic nitrogens is 4. The van der Waals surface area contributed by atoms with Gasteiger partial charge < -0.3 is 19.7 Å². The Labute approximate surface area is 166 Å². The number of nitrogens with zero attached hydrogens (tertiary/aromatic N) is 5. The van der Waals surface area contributed by atoms with Gasteiger partial charge in [0.05, 0.1) is 0 Å². The number of ether oxygens (including phenoxy) is 2. The summed E-state index contributed by atoms with van der Waals surface area (Å²) in [7, 11) is 0. The number of carbonyl (C=O) groups excluding carboxylic acids is 1. The lowest BCUT2D eigenvalue weighted by Gasteiger charge is -2.18. The first kappa shape index (κ1) is 16.6. The van der Waals surface area contributed by atoms with Crippen LogP contribution in [0.25, 0.3) is 5.65 Å². The second kappa shape index (κ2) is 6.33. The second-order valence-electron chi connectivity index (χ2n) is 7.77. The van der Waals surface area contributed by atoms with Crippen LogP contribution in [0.1, 0.15) is 41.4 Å². The number of carbonyl (C=O) groups is 1. The molecule has 0 spiro atoms. The topological polar surface area (TPSA) is 93.9 Å². The molecule has 29 heavy (non-hydrogen) atoms. The molecule has 3 aromatic rings. The van der Waals surface area contributed by atoms with Crippen molar-refractivity contribution in [1.29, 1.82) is 0 Å². The number of hydrogen-bond acceptors (Lipinski definition) is 7. The zero-order chi connectivity index (χ0) is 19.4. The molecule has 6 rings (SSSR count). The van der Waals surface area contributed by atoms with Crippen molar-refractivity contribution < 1.29 is 14.3 Å². The molecule has 1 aliphatic carbocycles. The average Bonchev–Trinajstić information content (AvgIpc) is 3.15. The van der Waals surface area contributed by atoms with Gasteiger partial charge in [0, 0.05) is 30.6 Å². The number of fused-ring (bicyclic) bond motifs is 2. The highest BCUT2D eigenvalue weighted by Crippen LogP contribution is 2.39. The summed E-state index contributed by atoms with van der Waals surface area (Å²) in [6.45, 7) is 1.76. The largest absolute Gasteiger partial charge is 0.454 e. The van der Waals surface area contributed by atoms with Crippen molar-refractivity contribution in [1.82, 2.24) is 25.1 Å². The maximum absolute atomic E-state index is 12.6. The van der Waals surface area contributed by atoms with E-state index in [0.29, 0.717) is 23.0 Å². The van der Waals surface area contributed by atoms with Crippen LogP contribution in [-0.4, -0.2) is 51.6 Å². The Hall–Kier alpha value is -3.36. The highest BCUT2D eigenvalue weighted by atomic mass is 16.7. The van der Waals surface area contributed by atoms with Crippen molar-refractivity contribution in [3.63, 3.8) is 0 Å². The first-order valence-electron chi connectivity index (χ1n) is 9.92. The fourth-order valence-electron chi connectivity index (χ4n) is 3.95. The predicted molar refractivity (Wildman–Crippen MR) is 103 cm³/mol. The number of anilines is 1. The maximum Gasteiger partial charge on any atom is 0.251 e. The van der Waals surface area contributed by atoms with Gasteiger partial charge in [0.1, 0.15) is 5.82 Å². The van der Waals surface area contributed by atoms with Gasteiger partial charge in [-0.3, -0.25) is 4.79 Å². The van der Waals surface area contributed by atoms with Crippen LogP contribution in [0.15, 0.2) is 30.3 Å². The molecule has 2 aromatic heterocycles. The fraction of sp³-hybridized carbons (Fsp3) is 0.400. The predicted octanol–water partition coefficient (Wildman–Crippen LogP) is 1.74. The lowest BCUT2D eigenvalue weighted by molar-refractivity contribution is 0.0940. The third-order valence-corrected chi connectivity index (χ3v) is 5.70. The molecule has 2 aliphatic heterocycles. The summed E-state index contributed by atoms with van der Waals surface area (Å²) < 4.78 is 12.5. The minimum atomic E-state index is -0.103. The van der Waals surface area contributed by atoms with Crippen molar-refractivity contribution >= 4 is 17.4 Å². The SMILES string of the molecule is O=C(NC1CCN(c2ccc3nnc(C4CC4)n3n2)C1)c1ccc2c(c1)OCO2. The molecule has 1 aromatic carbocycles. The molecule has 1 saturated heterocycles. The van der Waals surface area contributed by atoms with Gasteiger partial charge in [-0.1, -0.05) is 0 Å². The minimum absolute atomic E-state index is 0.0641. The van der Waals surface area contributed by atoms with E-state index in [-0.39, 0.29) is 18.7 Å². The molecule has 0 bridgehead atoms. The Morgan fingerprint density at radius 2 is 1.97 bits per heavy atom. The van der Waals surface area contributed by atoms with E-state index >= 15 is 0 Å². The average molecular weight is 392 g/mol. The summed E-state index contributed by atoms with van der Waals surface area (Å²) in [4.78, 5) is 14.8. The minimum Gasteiger partial charge on any atom is -0.454 e. The van der Waals surface area contributed by atoms with Crippen LogP contribution in [0.2, 0.25) is 0 Å². The van der Waals surface area contributed by atoms with Crippen LogP contribution in [0, 0.1) is 0 Å². The van der Waals surface area contributed by atoms with Gasteiger partial charge in [0.2, 0.25) is 6.79 Å². The monoisotopic (exact) mass is 392 g/mol. The van der Waals surface area contributed by atoms with E-state index in [9.17, 15) is 4.79 Å².